The molecule has 1 heterocycles. The minimum atomic E-state index is 0.823. The number of allylic oxidation sites excluding steroid dienone is 2. The fourth-order valence-corrected chi connectivity index (χ4v) is 2.82. The van der Waals surface area contributed by atoms with Gasteiger partial charge in [-0.05, 0) is 41.6 Å². The molecule has 0 saturated heterocycles. The van der Waals surface area contributed by atoms with Crippen molar-refractivity contribution in [1.82, 2.24) is 0 Å². The first-order chi connectivity index (χ1) is 5.18. The number of fused-ring (bicyclic) bond motifs is 1. The van der Waals surface area contributed by atoms with Crippen molar-refractivity contribution in [3.63, 3.8) is 0 Å². The van der Waals surface area contributed by atoms with Crippen molar-refractivity contribution in [3.05, 3.63) is 27.6 Å². The van der Waals surface area contributed by atoms with Gasteiger partial charge < -0.3 is 0 Å². The van der Waals surface area contributed by atoms with E-state index < -0.39 is 0 Å². The van der Waals surface area contributed by atoms with Crippen molar-refractivity contribution < 1.29 is 0 Å². The molecule has 0 N–H and O–H groups in total. The van der Waals surface area contributed by atoms with Crippen LogP contribution < -0.4 is 9.90 Å². The fourth-order valence-electron chi connectivity index (χ4n) is 1.61. The predicted molar refractivity (Wildman–Crippen MR) is 53.4 cm³/mol. The third-order valence-corrected chi connectivity index (χ3v) is 3.50. The lowest BCUT2D eigenvalue weighted by Gasteiger charge is -1.87. The molecule has 0 amide bonds. The zero-order chi connectivity index (χ0) is 8.01. The lowest BCUT2D eigenvalue weighted by atomic mass is 10.2. The van der Waals surface area contributed by atoms with E-state index in [-0.39, 0.29) is 0 Å². The lowest BCUT2D eigenvalue weighted by molar-refractivity contribution is 1.65. The predicted octanol–water partition coefficient (Wildman–Crippen LogP) is 1.72. The van der Waals surface area contributed by atoms with Crippen molar-refractivity contribution in [3.8, 4) is 0 Å². The van der Waals surface area contributed by atoms with Crippen LogP contribution in [0.15, 0.2) is 12.1 Å². The van der Waals surface area contributed by atoms with Crippen molar-refractivity contribution in [2.75, 3.05) is 0 Å². The largest absolute Gasteiger partial charge is 0.124 e. The van der Waals surface area contributed by atoms with Gasteiger partial charge in [0.15, 0.2) is 0 Å². The molecule has 1 unspecified atom stereocenters. The second-order valence-electron chi connectivity index (χ2n) is 3.09. The Morgan fingerprint density at radius 1 is 1.36 bits per heavy atom. The molecule has 0 aliphatic heterocycles. The molecule has 1 heteroatoms. The van der Waals surface area contributed by atoms with Gasteiger partial charge in [0.05, 0.1) is 0 Å². The van der Waals surface area contributed by atoms with E-state index in [1.807, 2.05) is 0 Å². The molecule has 1 aliphatic rings. The van der Waals surface area contributed by atoms with Crippen LogP contribution in [0.2, 0.25) is 0 Å². The van der Waals surface area contributed by atoms with E-state index in [9.17, 15) is 0 Å². The summed E-state index contributed by atoms with van der Waals surface area (Å²) in [5, 5.41) is 0. The maximum atomic E-state index is 3.98. The van der Waals surface area contributed by atoms with Gasteiger partial charge in [-0.2, -0.15) is 0 Å². The molecule has 0 bridgehead atoms. The second-order valence-corrected chi connectivity index (χ2v) is 4.49. The number of hydrogen-bond donors (Lipinski definition) is 0. The van der Waals surface area contributed by atoms with E-state index >= 15 is 0 Å². The van der Waals surface area contributed by atoms with E-state index in [0.29, 0.717) is 0 Å². The van der Waals surface area contributed by atoms with E-state index in [4.69, 9.17) is 0 Å². The van der Waals surface area contributed by atoms with Gasteiger partial charge in [0.2, 0.25) is 0 Å². The summed E-state index contributed by atoms with van der Waals surface area (Å²) in [5.74, 6) is 0. The van der Waals surface area contributed by atoms with E-state index in [2.05, 4.69) is 32.6 Å². The zero-order valence-corrected chi connectivity index (χ0v) is 7.86. The highest BCUT2D eigenvalue weighted by molar-refractivity contribution is 7.28. The molecule has 0 saturated carbocycles. The maximum Gasteiger partial charge on any atom is 0.00194 e. The van der Waals surface area contributed by atoms with Gasteiger partial charge in [-0.25, -0.2) is 0 Å². The average Bonchev–Trinajstić information content (AvgIpc) is 2.38. The quantitative estimate of drug-likeness (QED) is 0.545. The van der Waals surface area contributed by atoms with Crippen LogP contribution >= 0.6 is 8.19 Å². The van der Waals surface area contributed by atoms with Crippen LogP contribution in [0.25, 0.3) is 17.7 Å². The molecule has 0 radical (unpaired) electrons. The van der Waals surface area contributed by atoms with Gasteiger partial charge >= 0.3 is 0 Å². The van der Waals surface area contributed by atoms with Crippen LogP contribution in [-0.2, 0) is 0 Å². The molecule has 2 rings (SSSR count). The van der Waals surface area contributed by atoms with Crippen molar-refractivity contribution in [2.24, 2.45) is 0 Å². The van der Waals surface area contributed by atoms with Crippen LogP contribution in [0.4, 0.5) is 0 Å². The molecule has 11 heavy (non-hydrogen) atoms. The van der Waals surface area contributed by atoms with Gasteiger partial charge in [0.25, 0.3) is 0 Å². The molecule has 0 nitrogen and oxygen atoms in total. The lowest BCUT2D eigenvalue weighted by Crippen LogP contribution is -1.93. The number of rotatable bonds is 0. The molecule has 0 aromatic carbocycles. The van der Waals surface area contributed by atoms with E-state index in [1.165, 1.54) is 26.6 Å². The summed E-state index contributed by atoms with van der Waals surface area (Å²) in [4.78, 5) is 2.80. The Labute approximate surface area is 68.0 Å². The summed E-state index contributed by atoms with van der Waals surface area (Å²) in [7, 11) is 0.823. The van der Waals surface area contributed by atoms with Crippen molar-refractivity contribution in [2.45, 2.75) is 13.8 Å². The Balaban J connectivity index is 2.91. The first kappa shape index (κ1) is 6.94. The van der Waals surface area contributed by atoms with Crippen molar-refractivity contribution >= 4 is 25.9 Å². The van der Waals surface area contributed by atoms with Gasteiger partial charge in [0.1, 0.15) is 0 Å². The highest BCUT2D eigenvalue weighted by atomic mass is 31.0. The fraction of sp³-hybridized carbons (Fsp3) is 0.200. The first-order valence-corrected chi connectivity index (χ1v) is 4.76. The maximum absolute atomic E-state index is 3.98. The molecular formula is C10H11P. The summed E-state index contributed by atoms with van der Waals surface area (Å²) >= 11 is 0. The summed E-state index contributed by atoms with van der Waals surface area (Å²) in [6.07, 6.45) is 2.26. The van der Waals surface area contributed by atoms with Crippen LogP contribution in [-0.4, -0.2) is 0 Å². The summed E-state index contributed by atoms with van der Waals surface area (Å²) in [6, 6.07) is 2.22. The van der Waals surface area contributed by atoms with Crippen LogP contribution in [0.3, 0.4) is 0 Å². The average molecular weight is 162 g/mol. The monoisotopic (exact) mass is 162 g/mol. The molecule has 1 aromatic rings. The van der Waals surface area contributed by atoms with E-state index in [0.717, 1.165) is 8.19 Å². The minimum Gasteiger partial charge on any atom is -0.124 e. The third-order valence-electron chi connectivity index (χ3n) is 2.13. The number of hydrogen-bond acceptors (Lipinski definition) is 0. The molecule has 1 atom stereocenters. The van der Waals surface area contributed by atoms with Crippen LogP contribution in [0.5, 0.6) is 0 Å². The minimum absolute atomic E-state index is 0.823. The van der Waals surface area contributed by atoms with Crippen LogP contribution in [0, 0.1) is 0 Å². The molecule has 0 spiro atoms. The highest BCUT2D eigenvalue weighted by Crippen LogP contribution is 2.20. The van der Waals surface area contributed by atoms with Gasteiger partial charge in [-0.1, -0.05) is 12.7 Å². The summed E-state index contributed by atoms with van der Waals surface area (Å²) < 4.78 is 0. The Bertz CT molecular complexity index is 432. The molecule has 56 valence electrons. The molecule has 1 aliphatic carbocycles. The van der Waals surface area contributed by atoms with Gasteiger partial charge in [0, 0.05) is 4.95 Å². The Hall–Kier alpha value is -0.740. The van der Waals surface area contributed by atoms with Gasteiger partial charge in [-0.3, -0.25) is 0 Å². The summed E-state index contributed by atoms with van der Waals surface area (Å²) in [6.45, 7) is 8.34. The Kier molecular flexibility index (Phi) is 1.34. The van der Waals surface area contributed by atoms with E-state index in [1.54, 1.807) is 0 Å². The topological polar surface area (TPSA) is 0 Å². The molecule has 0 fully saturated rings. The Morgan fingerprint density at radius 2 is 2.09 bits per heavy atom. The van der Waals surface area contributed by atoms with Crippen LogP contribution in [0.1, 0.15) is 19.4 Å². The zero-order valence-electron chi connectivity index (χ0n) is 6.86. The summed E-state index contributed by atoms with van der Waals surface area (Å²) in [5.41, 5.74) is 4.28. The third kappa shape index (κ3) is 0.902. The smallest absolute Gasteiger partial charge is 0.00194 e. The SMILES string of the molecule is C=c1cc2c([pH]1)=C(C)C=C2C. The first-order valence-electron chi connectivity index (χ1n) is 3.76. The van der Waals surface area contributed by atoms with Crippen molar-refractivity contribution in [1.29, 1.82) is 0 Å². The molecule has 1 aromatic heterocycles. The molecular weight excluding hydrogens is 151 g/mol. The highest BCUT2D eigenvalue weighted by Gasteiger charge is 2.07. The Morgan fingerprint density at radius 3 is 2.73 bits per heavy atom. The normalized spacial score (nSPS) is 15.8. The second kappa shape index (κ2) is 2.12. The standard InChI is InChI=1S/C10H11P/c1-6-4-7(2)10-9(6)5-8(3)11-10/h4-5,11H,3H2,1-2H3. The van der Waals surface area contributed by atoms with Gasteiger partial charge in [-0.15, -0.1) is 8.19 Å².